The molecule has 2 heterocycles. The number of H-pyrrole nitrogens is 1. The Morgan fingerprint density at radius 2 is 2.28 bits per heavy atom. The number of benzene rings is 1. The topological polar surface area (TPSA) is 67.2 Å². The Morgan fingerprint density at radius 1 is 1.44 bits per heavy atom. The number of nitrogens with zero attached hydrogens (tertiary/aromatic N) is 2. The van der Waals surface area contributed by atoms with Crippen molar-refractivity contribution in [2.24, 2.45) is 0 Å². The van der Waals surface area contributed by atoms with E-state index in [1.54, 1.807) is 6.20 Å². The van der Waals surface area contributed by atoms with Gasteiger partial charge >= 0.3 is 0 Å². The number of nitrogen functional groups attached to an aromatic ring is 1. The van der Waals surface area contributed by atoms with E-state index < -0.39 is 0 Å². The van der Waals surface area contributed by atoms with Crippen LogP contribution in [0.5, 0.6) is 0 Å². The van der Waals surface area contributed by atoms with Crippen LogP contribution in [0.4, 0.5) is 11.4 Å². The van der Waals surface area contributed by atoms with Gasteiger partial charge in [0.15, 0.2) is 0 Å². The lowest BCUT2D eigenvalue weighted by Crippen LogP contribution is -2.48. The molecular formula is C13H18N4O. The van der Waals surface area contributed by atoms with Gasteiger partial charge in [-0.25, -0.2) is 0 Å². The molecule has 3 N–H and O–H groups in total. The largest absolute Gasteiger partial charge is 0.397 e. The Morgan fingerprint density at radius 3 is 3.06 bits per heavy atom. The van der Waals surface area contributed by atoms with E-state index in [2.05, 4.69) is 35.0 Å². The Kier molecular flexibility index (Phi) is 2.45. The van der Waals surface area contributed by atoms with Crippen LogP contribution >= 0.6 is 0 Å². The van der Waals surface area contributed by atoms with Crippen molar-refractivity contribution in [1.82, 2.24) is 10.2 Å². The first-order valence-corrected chi connectivity index (χ1v) is 6.17. The molecule has 1 saturated heterocycles. The zero-order valence-electron chi connectivity index (χ0n) is 10.7. The molecule has 0 bridgehead atoms. The lowest BCUT2D eigenvalue weighted by molar-refractivity contribution is -0.0276. The predicted molar refractivity (Wildman–Crippen MR) is 72.8 cm³/mol. The van der Waals surface area contributed by atoms with E-state index in [1.807, 2.05) is 6.07 Å². The maximum atomic E-state index is 6.14. The molecule has 1 aromatic heterocycles. The number of anilines is 2. The summed E-state index contributed by atoms with van der Waals surface area (Å²) >= 11 is 0. The van der Waals surface area contributed by atoms with Gasteiger partial charge in [-0.3, -0.25) is 5.10 Å². The van der Waals surface area contributed by atoms with Gasteiger partial charge in [0.25, 0.3) is 0 Å². The summed E-state index contributed by atoms with van der Waals surface area (Å²) in [6.45, 7) is 6.64. The number of hydrogen-bond donors (Lipinski definition) is 2. The molecule has 0 spiro atoms. The maximum Gasteiger partial charge on any atom is 0.0801 e. The molecule has 5 nitrogen and oxygen atoms in total. The minimum absolute atomic E-state index is 0.131. The van der Waals surface area contributed by atoms with Gasteiger partial charge in [0.05, 0.1) is 35.3 Å². The molecule has 3 rings (SSSR count). The number of aromatic nitrogens is 2. The number of nitrogens with one attached hydrogen (secondary N) is 1. The summed E-state index contributed by atoms with van der Waals surface area (Å²) in [5.41, 5.74) is 8.88. The molecule has 5 heteroatoms. The van der Waals surface area contributed by atoms with Gasteiger partial charge in [-0.1, -0.05) is 0 Å². The third kappa shape index (κ3) is 1.90. The monoisotopic (exact) mass is 246 g/mol. The third-order valence-electron chi connectivity index (χ3n) is 3.35. The summed E-state index contributed by atoms with van der Waals surface area (Å²) in [5, 5.41) is 8.06. The second-order valence-electron chi connectivity index (χ2n) is 5.40. The van der Waals surface area contributed by atoms with E-state index in [1.165, 1.54) is 0 Å². The minimum Gasteiger partial charge on any atom is -0.397 e. The summed E-state index contributed by atoms with van der Waals surface area (Å²) in [7, 11) is 0. The fourth-order valence-electron chi connectivity index (χ4n) is 2.49. The van der Waals surface area contributed by atoms with Crippen molar-refractivity contribution in [2.45, 2.75) is 19.4 Å². The molecule has 1 aromatic carbocycles. The number of aromatic amines is 1. The molecule has 1 aliphatic heterocycles. The summed E-state index contributed by atoms with van der Waals surface area (Å²) in [6.07, 6.45) is 1.79. The molecule has 0 unspecified atom stereocenters. The number of fused-ring (bicyclic) bond motifs is 1. The number of rotatable bonds is 1. The molecule has 2 aromatic rings. The van der Waals surface area contributed by atoms with Gasteiger partial charge in [0.2, 0.25) is 0 Å². The van der Waals surface area contributed by atoms with Gasteiger partial charge in [-0.2, -0.15) is 5.10 Å². The molecule has 96 valence electrons. The lowest BCUT2D eigenvalue weighted by atomic mass is 10.1. The van der Waals surface area contributed by atoms with E-state index in [0.29, 0.717) is 0 Å². The molecule has 1 aliphatic rings. The maximum absolute atomic E-state index is 6.14. The molecule has 0 saturated carbocycles. The van der Waals surface area contributed by atoms with E-state index in [-0.39, 0.29) is 5.60 Å². The van der Waals surface area contributed by atoms with E-state index in [9.17, 15) is 0 Å². The van der Waals surface area contributed by atoms with Crippen molar-refractivity contribution in [3.63, 3.8) is 0 Å². The zero-order valence-corrected chi connectivity index (χ0v) is 10.7. The summed E-state index contributed by atoms with van der Waals surface area (Å²) in [6, 6.07) is 4.04. The number of nitrogens with two attached hydrogens (primary N) is 1. The SMILES string of the molecule is CC1(C)CN(c2cc3[nH]ncc3cc2N)CCO1. The Hall–Kier alpha value is -1.75. The van der Waals surface area contributed by atoms with Crippen LogP contribution < -0.4 is 10.6 Å². The van der Waals surface area contributed by atoms with Gasteiger partial charge in [0.1, 0.15) is 0 Å². The molecule has 18 heavy (non-hydrogen) atoms. The third-order valence-corrected chi connectivity index (χ3v) is 3.35. The first-order valence-electron chi connectivity index (χ1n) is 6.17. The van der Waals surface area contributed by atoms with Crippen LogP contribution in [0.2, 0.25) is 0 Å². The van der Waals surface area contributed by atoms with Crippen molar-refractivity contribution in [2.75, 3.05) is 30.3 Å². The van der Waals surface area contributed by atoms with E-state index >= 15 is 0 Å². The van der Waals surface area contributed by atoms with Crippen LogP contribution in [0.1, 0.15) is 13.8 Å². The first-order chi connectivity index (χ1) is 8.55. The fourth-order valence-corrected chi connectivity index (χ4v) is 2.49. The van der Waals surface area contributed by atoms with Crippen molar-refractivity contribution in [3.8, 4) is 0 Å². The Bertz CT molecular complexity index is 575. The van der Waals surface area contributed by atoms with Gasteiger partial charge in [-0.05, 0) is 26.0 Å². The Labute approximate surface area is 106 Å². The molecule has 1 fully saturated rings. The van der Waals surface area contributed by atoms with Gasteiger partial charge < -0.3 is 15.4 Å². The number of hydrogen-bond acceptors (Lipinski definition) is 4. The van der Waals surface area contributed by atoms with E-state index in [0.717, 1.165) is 42.0 Å². The van der Waals surface area contributed by atoms with Crippen molar-refractivity contribution in [3.05, 3.63) is 18.3 Å². The highest BCUT2D eigenvalue weighted by molar-refractivity contribution is 5.88. The second-order valence-corrected chi connectivity index (χ2v) is 5.40. The molecule has 0 amide bonds. The predicted octanol–water partition coefficient (Wildman–Crippen LogP) is 1.76. The van der Waals surface area contributed by atoms with Crippen LogP contribution in [0.25, 0.3) is 10.9 Å². The summed E-state index contributed by atoms with van der Waals surface area (Å²) < 4.78 is 5.73. The Balaban J connectivity index is 2.00. The van der Waals surface area contributed by atoms with Crippen LogP contribution in [-0.4, -0.2) is 35.5 Å². The average molecular weight is 246 g/mol. The van der Waals surface area contributed by atoms with Crippen molar-refractivity contribution >= 4 is 22.3 Å². The van der Waals surface area contributed by atoms with Gasteiger partial charge in [-0.15, -0.1) is 0 Å². The number of ether oxygens (including phenoxy) is 1. The van der Waals surface area contributed by atoms with Crippen LogP contribution in [-0.2, 0) is 4.74 Å². The van der Waals surface area contributed by atoms with Crippen LogP contribution in [0.3, 0.4) is 0 Å². The molecule has 0 radical (unpaired) electrons. The summed E-state index contributed by atoms with van der Waals surface area (Å²) in [5.74, 6) is 0. The average Bonchev–Trinajstić information content (AvgIpc) is 2.73. The quantitative estimate of drug-likeness (QED) is 0.752. The number of morpholine rings is 1. The fraction of sp³-hybridized carbons (Fsp3) is 0.462. The van der Waals surface area contributed by atoms with Crippen molar-refractivity contribution in [1.29, 1.82) is 0 Å². The summed E-state index contributed by atoms with van der Waals surface area (Å²) in [4.78, 5) is 2.28. The molecule has 0 aliphatic carbocycles. The highest BCUT2D eigenvalue weighted by atomic mass is 16.5. The lowest BCUT2D eigenvalue weighted by Gasteiger charge is -2.39. The standard InChI is InChI=1S/C13H18N4O/c1-13(2)8-17(3-4-18-13)12-6-11-9(5-10(12)14)7-15-16-11/h5-7H,3-4,8,14H2,1-2H3,(H,15,16). The zero-order chi connectivity index (χ0) is 12.8. The normalized spacial score (nSPS) is 19.3. The van der Waals surface area contributed by atoms with E-state index in [4.69, 9.17) is 10.5 Å². The van der Waals surface area contributed by atoms with Crippen molar-refractivity contribution < 1.29 is 4.74 Å². The second kappa shape index (κ2) is 3.88. The highest BCUT2D eigenvalue weighted by Crippen LogP contribution is 2.31. The minimum atomic E-state index is -0.131. The smallest absolute Gasteiger partial charge is 0.0801 e. The van der Waals surface area contributed by atoms with Crippen LogP contribution in [0, 0.1) is 0 Å². The van der Waals surface area contributed by atoms with Gasteiger partial charge in [0, 0.05) is 18.5 Å². The first kappa shape index (κ1) is 11.3. The van der Waals surface area contributed by atoms with Crippen LogP contribution in [0.15, 0.2) is 18.3 Å². The highest BCUT2D eigenvalue weighted by Gasteiger charge is 2.28. The molecular weight excluding hydrogens is 228 g/mol. The molecule has 0 atom stereocenters.